The van der Waals surface area contributed by atoms with Gasteiger partial charge >= 0.3 is 0 Å². The highest BCUT2D eigenvalue weighted by Crippen LogP contribution is 2.16. The fourth-order valence-corrected chi connectivity index (χ4v) is 2.28. The fraction of sp³-hybridized carbons (Fsp3) is 0.438. The van der Waals surface area contributed by atoms with Crippen molar-refractivity contribution in [3.05, 3.63) is 36.0 Å². The largest absolute Gasteiger partial charge is 0.396 e. The molecule has 0 spiro atoms. The van der Waals surface area contributed by atoms with Crippen LogP contribution in [0.15, 0.2) is 30.3 Å². The van der Waals surface area contributed by atoms with Crippen LogP contribution in [-0.2, 0) is 0 Å². The smallest absolute Gasteiger partial charge is 0.270 e. The third-order valence-electron chi connectivity index (χ3n) is 3.42. The molecule has 1 aromatic heterocycles. The Labute approximate surface area is 119 Å². The lowest BCUT2D eigenvalue weighted by atomic mass is 10.2. The average molecular weight is 274 g/mol. The van der Waals surface area contributed by atoms with Crippen molar-refractivity contribution in [1.29, 1.82) is 0 Å². The summed E-state index contributed by atoms with van der Waals surface area (Å²) in [6.07, 6.45) is 2.66. The van der Waals surface area contributed by atoms with Crippen molar-refractivity contribution in [2.75, 3.05) is 19.7 Å². The van der Waals surface area contributed by atoms with Crippen LogP contribution in [0.2, 0.25) is 0 Å². The number of H-pyrrole nitrogens is 1. The first-order chi connectivity index (χ1) is 9.76. The average Bonchev–Trinajstić information content (AvgIpc) is 2.90. The highest BCUT2D eigenvalue weighted by Gasteiger charge is 2.16. The monoisotopic (exact) mass is 274 g/mol. The second kappa shape index (κ2) is 7.10. The molecule has 1 aromatic carbocycles. The van der Waals surface area contributed by atoms with E-state index >= 15 is 0 Å². The van der Waals surface area contributed by atoms with Gasteiger partial charge in [0.25, 0.3) is 5.91 Å². The molecule has 0 unspecified atom stereocenters. The summed E-state index contributed by atoms with van der Waals surface area (Å²) in [6, 6.07) is 9.78. The van der Waals surface area contributed by atoms with Crippen LogP contribution in [0.4, 0.5) is 0 Å². The molecule has 20 heavy (non-hydrogen) atoms. The zero-order valence-electron chi connectivity index (χ0n) is 11.9. The SMILES string of the molecule is CCCCN(CCCO)C(=O)c1cc2ccccc2[nH]1. The predicted molar refractivity (Wildman–Crippen MR) is 80.8 cm³/mol. The molecule has 0 aliphatic heterocycles. The van der Waals surface area contributed by atoms with Crippen molar-refractivity contribution >= 4 is 16.8 Å². The van der Waals surface area contributed by atoms with Gasteiger partial charge in [-0.25, -0.2) is 0 Å². The molecule has 0 aliphatic carbocycles. The Balaban J connectivity index is 2.16. The minimum Gasteiger partial charge on any atom is -0.396 e. The molecule has 0 atom stereocenters. The number of aliphatic hydroxyl groups is 1. The Kier molecular flexibility index (Phi) is 5.18. The van der Waals surface area contributed by atoms with Gasteiger partial charge in [-0.1, -0.05) is 31.5 Å². The van der Waals surface area contributed by atoms with Gasteiger partial charge in [0.15, 0.2) is 0 Å². The number of aromatic amines is 1. The molecule has 0 fully saturated rings. The van der Waals surface area contributed by atoms with Crippen LogP contribution in [0, 0.1) is 0 Å². The second-order valence-corrected chi connectivity index (χ2v) is 4.99. The van der Waals surface area contributed by atoms with E-state index in [9.17, 15) is 4.79 Å². The topological polar surface area (TPSA) is 56.3 Å². The van der Waals surface area contributed by atoms with Crippen LogP contribution < -0.4 is 0 Å². The number of nitrogens with one attached hydrogen (secondary N) is 1. The minimum atomic E-state index is 0.0168. The molecule has 0 bridgehead atoms. The molecule has 1 amide bonds. The van der Waals surface area contributed by atoms with Gasteiger partial charge in [-0.15, -0.1) is 0 Å². The number of para-hydroxylation sites is 1. The van der Waals surface area contributed by atoms with Gasteiger partial charge < -0.3 is 15.0 Å². The Morgan fingerprint density at radius 2 is 2.00 bits per heavy atom. The summed E-state index contributed by atoms with van der Waals surface area (Å²) >= 11 is 0. The molecule has 108 valence electrons. The van der Waals surface area contributed by atoms with E-state index in [4.69, 9.17) is 5.11 Å². The normalized spacial score (nSPS) is 10.9. The molecule has 0 aliphatic rings. The van der Waals surface area contributed by atoms with E-state index in [0.29, 0.717) is 18.7 Å². The number of carbonyl (C=O) groups excluding carboxylic acids is 1. The van der Waals surface area contributed by atoms with Crippen molar-refractivity contribution in [2.45, 2.75) is 26.2 Å². The molecule has 2 N–H and O–H groups in total. The Morgan fingerprint density at radius 3 is 2.70 bits per heavy atom. The molecule has 4 nitrogen and oxygen atoms in total. The molecule has 4 heteroatoms. The first kappa shape index (κ1) is 14.6. The molecule has 0 saturated heterocycles. The van der Waals surface area contributed by atoms with E-state index in [1.165, 1.54) is 0 Å². The summed E-state index contributed by atoms with van der Waals surface area (Å²) in [5.41, 5.74) is 1.61. The van der Waals surface area contributed by atoms with Gasteiger partial charge in [-0.05, 0) is 25.0 Å². The maximum Gasteiger partial charge on any atom is 0.270 e. The Morgan fingerprint density at radius 1 is 1.25 bits per heavy atom. The summed E-state index contributed by atoms with van der Waals surface area (Å²) in [5, 5.41) is 10.0. The van der Waals surface area contributed by atoms with Crippen molar-refractivity contribution in [3.63, 3.8) is 0 Å². The summed E-state index contributed by atoms with van der Waals surface area (Å²) in [6.45, 7) is 3.57. The standard InChI is InChI=1S/C16H22N2O2/c1-2-3-9-18(10-6-11-19)16(20)15-12-13-7-4-5-8-14(13)17-15/h4-5,7-8,12,17,19H,2-3,6,9-11H2,1H3. The zero-order valence-corrected chi connectivity index (χ0v) is 11.9. The van der Waals surface area contributed by atoms with Crippen LogP contribution in [0.25, 0.3) is 10.9 Å². The first-order valence-corrected chi connectivity index (χ1v) is 7.24. The number of aromatic nitrogens is 1. The minimum absolute atomic E-state index is 0.0168. The van der Waals surface area contributed by atoms with Crippen LogP contribution >= 0.6 is 0 Å². The summed E-state index contributed by atoms with van der Waals surface area (Å²) < 4.78 is 0. The van der Waals surface area contributed by atoms with E-state index < -0.39 is 0 Å². The lowest BCUT2D eigenvalue weighted by Crippen LogP contribution is -2.33. The number of hydrogen-bond acceptors (Lipinski definition) is 2. The lowest BCUT2D eigenvalue weighted by Gasteiger charge is -2.21. The van der Waals surface area contributed by atoms with Gasteiger partial charge in [-0.3, -0.25) is 4.79 Å². The van der Waals surface area contributed by atoms with Crippen molar-refractivity contribution in [3.8, 4) is 0 Å². The summed E-state index contributed by atoms with van der Waals surface area (Å²) in [4.78, 5) is 17.5. The van der Waals surface area contributed by atoms with E-state index in [1.807, 2.05) is 35.2 Å². The molecule has 2 rings (SSSR count). The quantitative estimate of drug-likeness (QED) is 0.815. The second-order valence-electron chi connectivity index (χ2n) is 4.99. The number of nitrogens with zero attached hydrogens (tertiary/aromatic N) is 1. The molecular formula is C16H22N2O2. The van der Waals surface area contributed by atoms with Gasteiger partial charge in [0.1, 0.15) is 5.69 Å². The number of fused-ring (bicyclic) bond motifs is 1. The lowest BCUT2D eigenvalue weighted by molar-refractivity contribution is 0.0737. The number of aliphatic hydroxyl groups excluding tert-OH is 1. The third kappa shape index (κ3) is 3.39. The Bertz CT molecular complexity index is 521. The summed E-state index contributed by atoms with van der Waals surface area (Å²) in [5.74, 6) is 0.0168. The number of benzene rings is 1. The number of hydrogen-bond donors (Lipinski definition) is 2. The van der Waals surface area contributed by atoms with Crippen molar-refractivity contribution in [2.24, 2.45) is 0 Å². The maximum absolute atomic E-state index is 12.5. The first-order valence-electron chi connectivity index (χ1n) is 7.24. The van der Waals surface area contributed by atoms with E-state index in [2.05, 4.69) is 11.9 Å². The molecule has 1 heterocycles. The van der Waals surface area contributed by atoms with Crippen LogP contribution in [0.5, 0.6) is 0 Å². The van der Waals surface area contributed by atoms with Gasteiger partial charge in [-0.2, -0.15) is 0 Å². The van der Waals surface area contributed by atoms with Gasteiger partial charge in [0, 0.05) is 30.6 Å². The van der Waals surface area contributed by atoms with Crippen molar-refractivity contribution in [1.82, 2.24) is 9.88 Å². The van der Waals surface area contributed by atoms with Crippen LogP contribution in [0.3, 0.4) is 0 Å². The molecule has 0 radical (unpaired) electrons. The highest BCUT2D eigenvalue weighted by molar-refractivity contribution is 5.98. The summed E-state index contributed by atoms with van der Waals surface area (Å²) in [7, 11) is 0. The number of amides is 1. The maximum atomic E-state index is 12.5. The third-order valence-corrected chi connectivity index (χ3v) is 3.42. The Hall–Kier alpha value is -1.81. The fourth-order valence-electron chi connectivity index (χ4n) is 2.28. The van der Waals surface area contributed by atoms with E-state index in [0.717, 1.165) is 30.3 Å². The zero-order chi connectivity index (χ0) is 14.4. The number of unbranched alkanes of at least 4 members (excludes halogenated alkanes) is 1. The molecule has 0 saturated carbocycles. The van der Waals surface area contributed by atoms with Crippen LogP contribution in [-0.4, -0.2) is 40.6 Å². The highest BCUT2D eigenvalue weighted by atomic mass is 16.3. The van der Waals surface area contributed by atoms with Gasteiger partial charge in [0.05, 0.1) is 0 Å². The van der Waals surface area contributed by atoms with Crippen LogP contribution in [0.1, 0.15) is 36.7 Å². The van der Waals surface area contributed by atoms with Crippen molar-refractivity contribution < 1.29 is 9.90 Å². The predicted octanol–water partition coefficient (Wildman–Crippen LogP) is 2.79. The molecule has 2 aromatic rings. The molecular weight excluding hydrogens is 252 g/mol. The van der Waals surface area contributed by atoms with E-state index in [-0.39, 0.29) is 12.5 Å². The van der Waals surface area contributed by atoms with E-state index in [1.54, 1.807) is 0 Å². The van der Waals surface area contributed by atoms with Gasteiger partial charge in [0.2, 0.25) is 0 Å². The number of carbonyl (C=O) groups is 1. The number of rotatable bonds is 7.